The van der Waals surface area contributed by atoms with E-state index in [9.17, 15) is 26.2 Å². The number of halogens is 1. The van der Waals surface area contributed by atoms with Crippen LogP contribution in [0, 0.1) is 6.92 Å². The van der Waals surface area contributed by atoms with Crippen LogP contribution in [0.2, 0.25) is 5.02 Å². The second-order valence-corrected chi connectivity index (χ2v) is 11.3. The molecule has 0 saturated carbocycles. The molecule has 1 aliphatic heterocycles. The molecule has 1 unspecified atom stereocenters. The third-order valence-corrected chi connectivity index (χ3v) is 7.54. The fourth-order valence-electron chi connectivity index (χ4n) is 3.30. The molecule has 1 N–H and O–H groups in total. The second-order valence-electron chi connectivity index (χ2n) is 7.94. The van der Waals surface area contributed by atoms with E-state index in [1.54, 1.807) is 12.1 Å². The van der Waals surface area contributed by atoms with Gasteiger partial charge in [0, 0.05) is 34.6 Å². The quantitative estimate of drug-likeness (QED) is 0.189. The zero-order chi connectivity index (χ0) is 27.0. The Morgan fingerprint density at radius 2 is 1.61 bits per heavy atom. The molecule has 1 amide bonds. The first-order valence-corrected chi connectivity index (χ1v) is 13.8. The molecule has 0 aliphatic carbocycles. The fraction of sp³-hybridized carbons (Fsp3) is 0.130. The molecule has 0 aromatic heterocycles. The zero-order valence-electron chi connectivity index (χ0n) is 20.3. The van der Waals surface area contributed by atoms with E-state index in [-0.39, 0.29) is 56.6 Å². The largest absolute Gasteiger partial charge is 0.379 e. The fourth-order valence-corrected chi connectivity index (χ4v) is 5.17. The molecule has 0 bridgehead atoms. The maximum atomic E-state index is 12.9. The van der Waals surface area contributed by atoms with Gasteiger partial charge in [0.25, 0.3) is 16.0 Å². The van der Waals surface area contributed by atoms with Gasteiger partial charge >= 0.3 is 10.1 Å². The number of azo groups is 1. The van der Waals surface area contributed by atoms with Gasteiger partial charge in [-0.05, 0) is 68.4 Å². The van der Waals surface area contributed by atoms with Gasteiger partial charge in [0.15, 0.2) is 6.04 Å². The van der Waals surface area contributed by atoms with Crippen molar-refractivity contribution in [2.24, 2.45) is 15.3 Å². The van der Waals surface area contributed by atoms with E-state index in [0.29, 0.717) is 5.69 Å². The van der Waals surface area contributed by atoms with Crippen molar-refractivity contribution in [3.63, 3.8) is 0 Å². The average molecular weight is 586 g/mol. The molecular weight excluding hydrogens is 567 g/mol. The van der Waals surface area contributed by atoms with Gasteiger partial charge in [-0.15, -0.1) is 0 Å². The molecule has 1 radical (unpaired) electrons. The van der Waals surface area contributed by atoms with Gasteiger partial charge < -0.3 is 4.18 Å². The maximum absolute atomic E-state index is 12.9. The third kappa shape index (κ3) is 6.67. The number of rotatable bonds is 7. The van der Waals surface area contributed by atoms with Crippen LogP contribution in [0.5, 0.6) is 5.75 Å². The molecule has 0 saturated heterocycles. The van der Waals surface area contributed by atoms with E-state index in [2.05, 4.69) is 15.3 Å². The molecule has 3 aromatic carbocycles. The monoisotopic (exact) mass is 585 g/mol. The van der Waals surface area contributed by atoms with Gasteiger partial charge in [-0.25, -0.2) is 0 Å². The molecule has 1 aliphatic rings. The summed E-state index contributed by atoms with van der Waals surface area (Å²) in [5, 5.41) is 12.9. The van der Waals surface area contributed by atoms with Crippen molar-refractivity contribution in [3.05, 3.63) is 77.3 Å². The summed E-state index contributed by atoms with van der Waals surface area (Å²) in [6.45, 7) is 3.35. The number of carbonyl (C=O) groups is 1. The minimum atomic E-state index is -4.70. The third-order valence-electron chi connectivity index (χ3n) is 5.17. The SMILES string of the molecule is CC1=NN(c2ccc(Cl)cc2S(=O)(=O)O)C(=O)C1N=Nc1ccc(OS(=O)(=O)c2ccc(C)cc2)cc1.[Na]. The number of aryl methyl sites for hydroxylation is 1. The normalized spacial score (nSPS) is 15.9. The van der Waals surface area contributed by atoms with E-state index >= 15 is 0 Å². The van der Waals surface area contributed by atoms with Gasteiger partial charge in [-0.2, -0.15) is 37.2 Å². The first kappa shape index (κ1) is 29.9. The number of carbonyl (C=O) groups excluding carboxylic acids is 1. The smallest absolute Gasteiger partial charge is 0.339 e. The number of anilines is 1. The Morgan fingerprint density at radius 3 is 2.21 bits per heavy atom. The van der Waals surface area contributed by atoms with Crippen LogP contribution in [0.15, 0.2) is 91.9 Å². The molecule has 1 atom stereocenters. The topological polar surface area (TPSA) is 155 Å². The minimum absolute atomic E-state index is 0. The Bertz CT molecular complexity index is 1640. The number of amides is 1. The molecule has 11 nitrogen and oxygen atoms in total. The minimum Gasteiger partial charge on any atom is -0.379 e. The van der Waals surface area contributed by atoms with E-state index in [0.717, 1.165) is 16.6 Å². The Kier molecular flexibility index (Phi) is 9.14. The predicted molar refractivity (Wildman–Crippen MR) is 141 cm³/mol. The van der Waals surface area contributed by atoms with Crippen LogP contribution in [0.4, 0.5) is 11.4 Å². The summed E-state index contributed by atoms with van der Waals surface area (Å²) in [5.74, 6) is -0.640. The van der Waals surface area contributed by atoms with E-state index < -0.39 is 37.1 Å². The Hall–Kier alpha value is -2.65. The number of hydrazone groups is 1. The summed E-state index contributed by atoms with van der Waals surface area (Å²) in [4.78, 5) is 12.4. The van der Waals surface area contributed by atoms with E-state index in [4.69, 9.17) is 15.8 Å². The molecule has 0 spiro atoms. The summed E-state index contributed by atoms with van der Waals surface area (Å²) in [6, 6.07) is 14.3. The molecular formula is C23H19ClN4NaO7S2. The van der Waals surface area contributed by atoms with Gasteiger partial charge in [-0.1, -0.05) is 29.3 Å². The Labute approximate surface area is 246 Å². The molecule has 3 aromatic rings. The van der Waals surface area contributed by atoms with E-state index in [1.165, 1.54) is 55.5 Å². The van der Waals surface area contributed by atoms with Crippen molar-refractivity contribution in [3.8, 4) is 5.75 Å². The van der Waals surface area contributed by atoms with Crippen molar-refractivity contribution >= 4 is 84.4 Å². The second kappa shape index (κ2) is 11.6. The van der Waals surface area contributed by atoms with Crippen LogP contribution < -0.4 is 9.19 Å². The zero-order valence-corrected chi connectivity index (χ0v) is 24.7. The molecule has 0 fully saturated rings. The van der Waals surface area contributed by atoms with Crippen molar-refractivity contribution in [1.29, 1.82) is 0 Å². The summed E-state index contributed by atoms with van der Waals surface area (Å²) in [7, 11) is -8.72. The number of nitrogens with zero attached hydrogens (tertiary/aromatic N) is 4. The van der Waals surface area contributed by atoms with Crippen LogP contribution in [0.25, 0.3) is 0 Å². The van der Waals surface area contributed by atoms with Crippen LogP contribution >= 0.6 is 11.6 Å². The Morgan fingerprint density at radius 1 is 0.974 bits per heavy atom. The average Bonchev–Trinajstić information content (AvgIpc) is 3.11. The van der Waals surface area contributed by atoms with Gasteiger partial charge in [0.1, 0.15) is 15.5 Å². The Balaban J connectivity index is 0.00000400. The van der Waals surface area contributed by atoms with Gasteiger partial charge in [-0.3, -0.25) is 9.35 Å². The van der Waals surface area contributed by atoms with Crippen molar-refractivity contribution in [1.82, 2.24) is 0 Å². The van der Waals surface area contributed by atoms with Gasteiger partial charge in [0.05, 0.1) is 17.1 Å². The standard InChI is InChI=1S/C23H19ClN4O7S2.Na/c1-14-3-10-19(11-4-14)37(33,34)35-18-8-6-17(7-9-18)25-26-22-15(2)27-28(23(22)29)20-12-5-16(24)13-21(20)36(30,31)32;/h3-13,22H,1-2H3,(H,30,31,32);. The first-order chi connectivity index (χ1) is 17.3. The predicted octanol–water partition coefficient (Wildman–Crippen LogP) is 4.16. The molecule has 38 heavy (non-hydrogen) atoms. The molecule has 193 valence electrons. The van der Waals surface area contributed by atoms with Crippen molar-refractivity contribution < 1.29 is 30.4 Å². The number of hydrogen-bond donors (Lipinski definition) is 1. The number of benzene rings is 3. The van der Waals surface area contributed by atoms with Crippen LogP contribution in [0.3, 0.4) is 0 Å². The summed E-state index contributed by atoms with van der Waals surface area (Å²) < 4.78 is 63.1. The number of hydrogen-bond acceptors (Lipinski definition) is 9. The summed E-state index contributed by atoms with van der Waals surface area (Å²) >= 11 is 5.83. The van der Waals surface area contributed by atoms with Crippen molar-refractivity contribution in [2.75, 3.05) is 5.01 Å². The van der Waals surface area contributed by atoms with Crippen LogP contribution in [0.1, 0.15) is 12.5 Å². The summed E-state index contributed by atoms with van der Waals surface area (Å²) in [5.41, 5.74) is 1.24. The van der Waals surface area contributed by atoms with Gasteiger partial charge in [0.2, 0.25) is 0 Å². The molecule has 4 rings (SSSR count). The molecule has 1 heterocycles. The van der Waals surface area contributed by atoms with Crippen LogP contribution in [-0.4, -0.2) is 68.6 Å². The maximum Gasteiger partial charge on any atom is 0.339 e. The van der Waals surface area contributed by atoms with E-state index in [1.807, 2.05) is 6.92 Å². The molecule has 15 heteroatoms. The van der Waals surface area contributed by atoms with Crippen LogP contribution in [-0.2, 0) is 25.0 Å². The summed E-state index contributed by atoms with van der Waals surface area (Å²) in [6.07, 6.45) is 0. The first-order valence-electron chi connectivity index (χ1n) is 10.5. The van der Waals surface area contributed by atoms with Crippen molar-refractivity contribution in [2.45, 2.75) is 29.7 Å².